The number of aromatic nitrogens is 2. The summed E-state index contributed by atoms with van der Waals surface area (Å²) in [7, 11) is 3.97. The molecule has 1 aromatic carbocycles. The van der Waals surface area contributed by atoms with Crippen molar-refractivity contribution in [1.82, 2.24) is 19.8 Å². The number of carbonyl (C=O) groups excluding carboxylic acids is 2. The fourth-order valence-electron chi connectivity index (χ4n) is 4.55. The van der Waals surface area contributed by atoms with E-state index in [0.717, 1.165) is 50.3 Å². The van der Waals surface area contributed by atoms with Crippen LogP contribution in [0.3, 0.4) is 0 Å². The molecule has 8 nitrogen and oxygen atoms in total. The molecule has 0 aliphatic carbocycles. The number of ketones is 1. The zero-order valence-corrected chi connectivity index (χ0v) is 22.3. The van der Waals surface area contributed by atoms with Crippen molar-refractivity contribution in [3.05, 3.63) is 40.6 Å². The standard InChI is InChI=1S/C27H40N6O2/c1-8-33(22-9-13-32(14-10-22)25(35)11-12-31(6)7)27-28-17-23(21(5)34)26(30-27)29-24-16-19(3)18(2)15-20(24)4/h15-17,22H,8-14H2,1-7H3,(H,28,29,30). The van der Waals surface area contributed by atoms with Crippen LogP contribution in [0.1, 0.15) is 60.2 Å². The van der Waals surface area contributed by atoms with Crippen LogP contribution in [0, 0.1) is 20.8 Å². The molecule has 1 N–H and O–H groups in total. The van der Waals surface area contributed by atoms with Crippen LogP contribution >= 0.6 is 0 Å². The topological polar surface area (TPSA) is 81.7 Å². The Bertz CT molecular complexity index is 1060. The first-order valence-electron chi connectivity index (χ1n) is 12.5. The van der Waals surface area contributed by atoms with E-state index >= 15 is 0 Å². The van der Waals surface area contributed by atoms with Crippen molar-refractivity contribution in [3.63, 3.8) is 0 Å². The van der Waals surface area contributed by atoms with E-state index in [-0.39, 0.29) is 17.7 Å². The molecule has 1 aliphatic rings. The highest BCUT2D eigenvalue weighted by Crippen LogP contribution is 2.28. The average molecular weight is 481 g/mol. The summed E-state index contributed by atoms with van der Waals surface area (Å²) in [6.45, 7) is 12.9. The lowest BCUT2D eigenvalue weighted by Crippen LogP contribution is -2.47. The first-order chi connectivity index (χ1) is 16.6. The molecule has 2 heterocycles. The largest absolute Gasteiger partial charge is 0.343 e. The van der Waals surface area contributed by atoms with Crippen LogP contribution in [-0.2, 0) is 4.79 Å². The molecular formula is C27H40N6O2. The Labute approximate surface area is 209 Å². The predicted molar refractivity (Wildman–Crippen MR) is 142 cm³/mol. The van der Waals surface area contributed by atoms with Gasteiger partial charge in [-0.05, 0) is 84.3 Å². The highest BCUT2D eigenvalue weighted by Gasteiger charge is 2.28. The number of carbonyl (C=O) groups is 2. The second-order valence-corrected chi connectivity index (χ2v) is 9.82. The van der Waals surface area contributed by atoms with E-state index in [9.17, 15) is 9.59 Å². The maximum Gasteiger partial charge on any atom is 0.227 e. The number of Topliss-reactive ketones (excluding diaryl/α,β-unsaturated/α-hetero) is 1. The number of amides is 1. The first-order valence-corrected chi connectivity index (χ1v) is 12.5. The van der Waals surface area contributed by atoms with Crippen molar-refractivity contribution in [2.75, 3.05) is 50.5 Å². The third-order valence-corrected chi connectivity index (χ3v) is 6.88. The zero-order valence-electron chi connectivity index (χ0n) is 22.3. The van der Waals surface area contributed by atoms with E-state index in [2.05, 4.69) is 55.0 Å². The number of nitrogens with zero attached hydrogens (tertiary/aromatic N) is 5. The smallest absolute Gasteiger partial charge is 0.227 e. The Balaban J connectivity index is 1.79. The van der Waals surface area contributed by atoms with Crippen LogP contribution in [0.25, 0.3) is 0 Å². The van der Waals surface area contributed by atoms with Gasteiger partial charge in [0.05, 0.1) is 5.56 Å². The van der Waals surface area contributed by atoms with Gasteiger partial charge in [0.2, 0.25) is 11.9 Å². The minimum atomic E-state index is -0.0758. The quantitative estimate of drug-likeness (QED) is 0.541. The number of anilines is 3. The maximum atomic E-state index is 12.5. The van der Waals surface area contributed by atoms with Crippen molar-refractivity contribution >= 4 is 29.1 Å². The van der Waals surface area contributed by atoms with Crippen molar-refractivity contribution in [3.8, 4) is 0 Å². The molecule has 3 rings (SSSR count). The normalized spacial score (nSPS) is 14.3. The van der Waals surface area contributed by atoms with Crippen LogP contribution in [-0.4, -0.2) is 77.8 Å². The lowest BCUT2D eigenvalue weighted by molar-refractivity contribution is -0.132. The molecule has 0 radical (unpaired) electrons. The summed E-state index contributed by atoms with van der Waals surface area (Å²) < 4.78 is 0. The minimum absolute atomic E-state index is 0.0758. The molecule has 1 fully saturated rings. The van der Waals surface area contributed by atoms with Gasteiger partial charge in [-0.2, -0.15) is 4.98 Å². The van der Waals surface area contributed by atoms with Gasteiger partial charge in [0.1, 0.15) is 5.82 Å². The molecule has 1 aromatic heterocycles. The van der Waals surface area contributed by atoms with Gasteiger partial charge >= 0.3 is 0 Å². The third-order valence-electron chi connectivity index (χ3n) is 6.88. The number of hydrogen-bond donors (Lipinski definition) is 1. The van der Waals surface area contributed by atoms with Crippen molar-refractivity contribution < 1.29 is 9.59 Å². The summed E-state index contributed by atoms with van der Waals surface area (Å²) in [6, 6.07) is 4.48. The Kier molecular flexibility index (Phi) is 8.83. The lowest BCUT2D eigenvalue weighted by Gasteiger charge is -2.38. The molecule has 0 unspecified atom stereocenters. The summed E-state index contributed by atoms with van der Waals surface area (Å²) in [5.41, 5.74) is 4.92. The number of rotatable bonds is 9. The van der Waals surface area contributed by atoms with E-state index in [1.165, 1.54) is 18.1 Å². The fourth-order valence-corrected chi connectivity index (χ4v) is 4.55. The molecule has 0 saturated carbocycles. The molecule has 0 spiro atoms. The van der Waals surface area contributed by atoms with Gasteiger partial charge in [0.25, 0.3) is 0 Å². The van der Waals surface area contributed by atoms with Gasteiger partial charge in [-0.25, -0.2) is 4.98 Å². The Morgan fingerprint density at radius 2 is 1.74 bits per heavy atom. The SMILES string of the molecule is CCN(c1ncc(C(C)=O)c(Nc2cc(C)c(C)cc2C)n1)C1CCN(C(=O)CCN(C)C)CC1. The molecule has 1 aliphatic heterocycles. The molecular weight excluding hydrogens is 440 g/mol. The van der Waals surface area contributed by atoms with E-state index in [4.69, 9.17) is 4.98 Å². The maximum absolute atomic E-state index is 12.5. The van der Waals surface area contributed by atoms with Crippen molar-refractivity contribution in [2.24, 2.45) is 0 Å². The van der Waals surface area contributed by atoms with E-state index in [0.29, 0.717) is 23.8 Å². The van der Waals surface area contributed by atoms with Crippen LogP contribution < -0.4 is 10.2 Å². The zero-order chi connectivity index (χ0) is 25.7. The first kappa shape index (κ1) is 26.6. The molecule has 2 aromatic rings. The second-order valence-electron chi connectivity index (χ2n) is 9.82. The van der Waals surface area contributed by atoms with Gasteiger partial charge in [-0.3, -0.25) is 9.59 Å². The summed E-state index contributed by atoms with van der Waals surface area (Å²) in [4.78, 5) is 40.5. The van der Waals surface area contributed by atoms with Gasteiger partial charge < -0.3 is 20.0 Å². The van der Waals surface area contributed by atoms with Crippen LogP contribution in [0.4, 0.5) is 17.5 Å². The lowest BCUT2D eigenvalue weighted by atomic mass is 10.0. The number of nitrogens with one attached hydrogen (secondary N) is 1. The molecule has 35 heavy (non-hydrogen) atoms. The van der Waals surface area contributed by atoms with Crippen LogP contribution in [0.2, 0.25) is 0 Å². The summed E-state index contributed by atoms with van der Waals surface area (Å²) in [6.07, 6.45) is 3.93. The van der Waals surface area contributed by atoms with E-state index < -0.39 is 0 Å². The monoisotopic (exact) mass is 480 g/mol. The molecule has 1 amide bonds. The van der Waals surface area contributed by atoms with Gasteiger partial charge in [0, 0.05) is 50.5 Å². The van der Waals surface area contributed by atoms with Gasteiger partial charge in [-0.15, -0.1) is 0 Å². The number of aryl methyl sites for hydroxylation is 3. The van der Waals surface area contributed by atoms with Crippen LogP contribution in [0.15, 0.2) is 18.3 Å². The van der Waals surface area contributed by atoms with Crippen molar-refractivity contribution in [1.29, 1.82) is 0 Å². The number of likely N-dealkylation sites (tertiary alicyclic amines) is 1. The molecule has 190 valence electrons. The van der Waals surface area contributed by atoms with E-state index in [1.807, 2.05) is 23.9 Å². The van der Waals surface area contributed by atoms with Crippen molar-refractivity contribution in [2.45, 2.75) is 59.9 Å². The minimum Gasteiger partial charge on any atom is -0.343 e. The predicted octanol–water partition coefficient (Wildman–Crippen LogP) is 4.12. The number of piperidine rings is 1. The van der Waals surface area contributed by atoms with Crippen LogP contribution in [0.5, 0.6) is 0 Å². The molecule has 8 heteroatoms. The van der Waals surface area contributed by atoms with Gasteiger partial charge in [-0.1, -0.05) is 6.07 Å². The summed E-state index contributed by atoms with van der Waals surface area (Å²) in [5.74, 6) is 1.29. The molecule has 0 atom stereocenters. The third kappa shape index (κ3) is 6.57. The second kappa shape index (κ2) is 11.6. The fraction of sp³-hybridized carbons (Fsp3) is 0.556. The Hall–Kier alpha value is -3.00. The summed E-state index contributed by atoms with van der Waals surface area (Å²) in [5, 5.41) is 3.40. The summed E-state index contributed by atoms with van der Waals surface area (Å²) >= 11 is 0. The molecule has 0 bridgehead atoms. The van der Waals surface area contributed by atoms with E-state index in [1.54, 1.807) is 6.20 Å². The number of benzene rings is 1. The average Bonchev–Trinajstić information content (AvgIpc) is 2.82. The Morgan fingerprint density at radius 3 is 2.34 bits per heavy atom. The highest BCUT2D eigenvalue weighted by atomic mass is 16.2. The number of hydrogen-bond acceptors (Lipinski definition) is 7. The van der Waals surface area contributed by atoms with Gasteiger partial charge in [0.15, 0.2) is 5.78 Å². The Morgan fingerprint density at radius 1 is 1.09 bits per heavy atom. The molecule has 1 saturated heterocycles. The highest BCUT2D eigenvalue weighted by molar-refractivity contribution is 5.99.